The summed E-state index contributed by atoms with van der Waals surface area (Å²) in [5.41, 5.74) is 26.2. The van der Waals surface area contributed by atoms with E-state index in [-0.39, 0.29) is 52.0 Å². The number of hydrogen-bond acceptors (Lipinski definition) is 7. The lowest BCUT2D eigenvalue weighted by molar-refractivity contribution is -0.162. The smallest absolute Gasteiger partial charge is 0.303 e. The molecule has 19 rings (SSSR count). The van der Waals surface area contributed by atoms with Gasteiger partial charge in [-0.25, -0.2) is 0 Å². The molecular formula is C126H204O7. The van der Waals surface area contributed by atoms with E-state index in [4.69, 9.17) is 14.2 Å². The Morgan fingerprint density at radius 2 is 0.992 bits per heavy atom. The number of fused-ring (bicyclic) bond motifs is 9. The van der Waals surface area contributed by atoms with E-state index in [1.165, 1.54) is 224 Å². The molecule has 0 saturated heterocycles. The average molecular weight is 1830 g/mol. The Morgan fingerprint density at radius 1 is 0.451 bits per heavy atom. The molecule has 133 heavy (non-hydrogen) atoms. The van der Waals surface area contributed by atoms with Crippen LogP contribution < -0.4 is 0 Å². The Hall–Kier alpha value is -5.79. The topological polar surface area (TPSA) is 99.1 Å². The van der Waals surface area contributed by atoms with Crippen LogP contribution in [0.4, 0.5) is 0 Å². The minimum absolute atomic E-state index is 0.125. The maximum Gasteiger partial charge on any atom is 0.303 e. The van der Waals surface area contributed by atoms with Gasteiger partial charge in [0, 0.05) is 42.9 Å². The zero-order valence-corrected chi connectivity index (χ0v) is 93.0. The van der Waals surface area contributed by atoms with Crippen molar-refractivity contribution in [3.63, 3.8) is 0 Å². The first-order valence-electron chi connectivity index (χ1n) is 53.5. The van der Waals surface area contributed by atoms with Crippen molar-refractivity contribution < 1.29 is 33.7 Å². The first-order valence-corrected chi connectivity index (χ1v) is 53.5. The fraction of sp³-hybridized carbons (Fsp3) is 0.722. The van der Waals surface area contributed by atoms with Crippen LogP contribution in [0.15, 0.2) is 177 Å². The molecule has 750 valence electrons. The van der Waals surface area contributed by atoms with E-state index in [9.17, 15) is 19.5 Å². The third-order valence-electron chi connectivity index (χ3n) is 37.0. The van der Waals surface area contributed by atoms with Gasteiger partial charge in [0.25, 0.3) is 0 Å². The van der Waals surface area contributed by atoms with E-state index in [1.54, 1.807) is 33.4 Å². The van der Waals surface area contributed by atoms with Crippen LogP contribution in [0.1, 0.15) is 452 Å². The number of esters is 3. The van der Waals surface area contributed by atoms with E-state index < -0.39 is 5.60 Å². The highest BCUT2D eigenvalue weighted by Crippen LogP contribution is 2.67. The van der Waals surface area contributed by atoms with Crippen molar-refractivity contribution in [1.82, 2.24) is 0 Å². The maximum atomic E-state index is 11.1. The molecule has 15 atom stereocenters. The van der Waals surface area contributed by atoms with E-state index in [1.807, 2.05) is 27.7 Å². The standard InChI is InChI=1S/3C12H20O2.C10H18O.7C10H16.C10H14/c1-8(13)14-10-11(2,3)9-5-6-12(10,4)7-9;1-8(13)14-10-7-9-5-6-12(10,4)11(9,2)3;1-9-5-7-11(8-6-9)12(3,4)14-10(2)13;1-8-4-6-9(7-5-8)10(2,3)11;1-7-8-4-5-9(6-8)10(7,2)3;2*1-7-4-5-8-6-9(7)10(8,2)3;5*1-8(2)10-6-4-9(3)5-7-10/h2*9-10H,5-7H2,1-4H3;5,11H,6-8H2,1-4H3;4,9,11H,5-7H2,1-3H3;8-9H,1,4-6H2,2-3H3;4,8-9H,5-6H2,1-3H3;8-9H,1,4-6H2,2-3H3;4H,5-7H2,1-3H3;4,7-8H,5-6H2,1-3H3;4,6,8H,5,7H2,1-3H3;4,10H,1,5-7H2,2-3H3;4-8H,1-3H3. The van der Waals surface area contributed by atoms with Gasteiger partial charge in [0.1, 0.15) is 17.8 Å². The summed E-state index contributed by atoms with van der Waals surface area (Å²) in [4.78, 5) is 33.0. The SMILES string of the molecule is C=C(C)C1CC=C(C)CC1.C=C1C2CCC(C2)C1(C)C.C=C1CCC2CC1C2(C)C.CC(=O)OC(C)(C)C1CC=C(C)CC1.CC(=O)OC1C2(C)CCC(C2)C1(C)C.CC(=O)OC1CC2CCC1(C)C2(C)C.CC1=CC=C(C(C)C)CC1.CC1=CCC(=C(C)C)CC1.CC1=CCC(C(C)(C)O)CC1.CC1=CCC(C(C)C)=CC1.CC1=CCC2CC1C2(C)C.Cc1ccc(C(C)C)cc1. The van der Waals surface area contributed by atoms with Crippen molar-refractivity contribution in [3.05, 3.63) is 188 Å². The van der Waals surface area contributed by atoms with Crippen molar-refractivity contribution in [2.75, 3.05) is 0 Å². The van der Waals surface area contributed by atoms with E-state index >= 15 is 0 Å². The van der Waals surface area contributed by atoms with Crippen LogP contribution in [0.2, 0.25) is 0 Å². The first-order chi connectivity index (χ1) is 61.5. The third kappa shape index (κ3) is 32.6. The van der Waals surface area contributed by atoms with Gasteiger partial charge in [0.05, 0.1) is 5.60 Å². The largest absolute Gasteiger partial charge is 0.462 e. The van der Waals surface area contributed by atoms with Gasteiger partial charge in [-0.2, -0.15) is 0 Å². The van der Waals surface area contributed by atoms with Crippen LogP contribution in [0.25, 0.3) is 0 Å². The highest BCUT2D eigenvalue weighted by atomic mass is 16.6. The number of aliphatic hydroxyl groups is 1. The summed E-state index contributed by atoms with van der Waals surface area (Å²) in [5.74, 6) is 10.6. The Kier molecular flexibility index (Phi) is 43.5. The monoisotopic (exact) mass is 1830 g/mol. The quantitative estimate of drug-likeness (QED) is 0.149. The first kappa shape index (κ1) is 116. The summed E-state index contributed by atoms with van der Waals surface area (Å²) >= 11 is 0. The minimum Gasteiger partial charge on any atom is -0.462 e. The van der Waals surface area contributed by atoms with E-state index in [2.05, 4.69) is 299 Å². The Morgan fingerprint density at radius 3 is 1.35 bits per heavy atom. The van der Waals surface area contributed by atoms with Gasteiger partial charge in [-0.15, -0.1) is 0 Å². The molecule has 10 fully saturated rings. The Labute approximate surface area is 820 Å². The summed E-state index contributed by atoms with van der Waals surface area (Å²) in [6.07, 6.45) is 59.0. The number of ether oxygens (including phenoxy) is 3. The summed E-state index contributed by atoms with van der Waals surface area (Å²) < 4.78 is 16.3. The molecule has 10 saturated carbocycles. The van der Waals surface area contributed by atoms with Crippen LogP contribution >= 0.6 is 0 Å². The van der Waals surface area contributed by atoms with Crippen LogP contribution in [-0.2, 0) is 28.6 Å². The number of hydrogen-bond donors (Lipinski definition) is 1. The number of carbonyl (C=O) groups is 3. The molecule has 18 aliphatic carbocycles. The molecule has 7 heteroatoms. The molecule has 10 bridgehead atoms. The molecule has 0 amide bonds. The van der Waals surface area contributed by atoms with Gasteiger partial charge >= 0.3 is 17.9 Å². The summed E-state index contributed by atoms with van der Waals surface area (Å²) in [6.45, 7) is 90.3. The van der Waals surface area contributed by atoms with Gasteiger partial charge in [-0.3, -0.25) is 14.4 Å². The lowest BCUT2D eigenvalue weighted by Crippen LogP contribution is -2.48. The number of carbonyl (C=O) groups excluding carboxylic acids is 3. The fourth-order valence-electron chi connectivity index (χ4n) is 25.1. The average Bonchev–Trinajstić information content (AvgIpc) is 1.67. The van der Waals surface area contributed by atoms with Gasteiger partial charge in [0.2, 0.25) is 0 Å². The van der Waals surface area contributed by atoms with Crippen LogP contribution in [0.3, 0.4) is 0 Å². The molecule has 1 aromatic carbocycles. The lowest BCUT2D eigenvalue weighted by atomic mass is 9.47. The van der Waals surface area contributed by atoms with Gasteiger partial charge in [0.15, 0.2) is 0 Å². The van der Waals surface area contributed by atoms with Crippen molar-refractivity contribution in [1.29, 1.82) is 0 Å². The van der Waals surface area contributed by atoms with Crippen LogP contribution in [0, 0.1) is 122 Å². The zero-order valence-electron chi connectivity index (χ0n) is 93.0. The number of benzene rings is 1. The van der Waals surface area contributed by atoms with E-state index in [0.717, 1.165) is 110 Å². The molecule has 1 aromatic rings. The van der Waals surface area contributed by atoms with Gasteiger partial charge in [-0.05, 0) is 401 Å². The number of allylic oxidation sites excluding steroid dienone is 23. The summed E-state index contributed by atoms with van der Waals surface area (Å²) in [5, 5.41) is 9.70. The molecule has 0 aromatic heterocycles. The Balaban J connectivity index is 0.000000224. The Bertz CT molecular complexity index is 4340. The van der Waals surface area contributed by atoms with Crippen molar-refractivity contribution in [2.24, 2.45) is 115 Å². The molecule has 0 aliphatic heterocycles. The van der Waals surface area contributed by atoms with Crippen LogP contribution in [0.5, 0.6) is 0 Å². The number of rotatable bonds is 9. The fourth-order valence-corrected chi connectivity index (χ4v) is 25.1. The van der Waals surface area contributed by atoms with Gasteiger partial charge in [-0.1, -0.05) is 307 Å². The zero-order chi connectivity index (χ0) is 100. The maximum absolute atomic E-state index is 11.1. The number of aryl methyl sites for hydroxylation is 1. The van der Waals surface area contributed by atoms with Crippen molar-refractivity contribution in [3.8, 4) is 0 Å². The molecule has 0 heterocycles. The second-order valence-electron chi connectivity index (χ2n) is 50.5. The second kappa shape index (κ2) is 49.9. The predicted octanol–water partition coefficient (Wildman–Crippen LogP) is 36.6. The van der Waals surface area contributed by atoms with E-state index in [0.29, 0.717) is 39.4 Å². The molecular weight excluding hydrogens is 1630 g/mol. The van der Waals surface area contributed by atoms with Crippen LogP contribution in [-0.4, -0.2) is 46.4 Å². The van der Waals surface area contributed by atoms with Crippen molar-refractivity contribution >= 4 is 17.9 Å². The molecule has 1 N–H and O–H groups in total. The van der Waals surface area contributed by atoms with Gasteiger partial charge < -0.3 is 19.3 Å². The lowest BCUT2D eigenvalue weighted by Gasteiger charge is -2.57. The molecule has 0 spiro atoms. The summed E-state index contributed by atoms with van der Waals surface area (Å²) in [7, 11) is 0. The highest BCUT2D eigenvalue weighted by Gasteiger charge is 2.64. The minimum atomic E-state index is -0.489. The second-order valence-corrected chi connectivity index (χ2v) is 50.5. The molecule has 7 nitrogen and oxygen atoms in total. The molecule has 18 aliphatic rings. The predicted molar refractivity (Wildman–Crippen MR) is 574 cm³/mol. The summed E-state index contributed by atoms with van der Waals surface area (Å²) in [6, 6.07) is 8.71. The third-order valence-corrected chi connectivity index (χ3v) is 37.0. The van der Waals surface area contributed by atoms with Crippen molar-refractivity contribution in [2.45, 2.75) is 471 Å². The highest BCUT2D eigenvalue weighted by molar-refractivity contribution is 5.67. The molecule has 15 unspecified atom stereocenters. The molecule has 0 radical (unpaired) electrons. The normalized spacial score (nSPS) is 30.4.